The summed E-state index contributed by atoms with van der Waals surface area (Å²) in [5.74, 6) is -1.16. The Kier molecular flexibility index (Phi) is 7.11. The number of nitrogens with one attached hydrogen (secondary N) is 2. The highest BCUT2D eigenvalue weighted by Crippen LogP contribution is 2.27. The summed E-state index contributed by atoms with van der Waals surface area (Å²) in [4.78, 5) is 53.7. The van der Waals surface area contributed by atoms with Gasteiger partial charge in [-0.3, -0.25) is 19.2 Å². The van der Waals surface area contributed by atoms with E-state index in [1.807, 2.05) is 0 Å². The third-order valence-electron chi connectivity index (χ3n) is 4.86. The summed E-state index contributed by atoms with van der Waals surface area (Å²) in [7, 11) is 2.85. The number of methoxy groups -OCH3 is 2. The lowest BCUT2D eigenvalue weighted by atomic mass is 10.1. The standard InChI is InChI=1S/C22H25N5O6/c1-13(28)23-17-8-6-15(12-18(17)24-14(2)29)21(30)26-10-5-11-27(26)22(31)16-7-9-19(32-3)25-20(16)33-4/h6-9,12H,5,10-11H2,1-4H3,(H,23,28)(H,24,29). The van der Waals surface area contributed by atoms with Crippen LogP contribution >= 0.6 is 0 Å². The molecule has 11 heteroatoms. The Morgan fingerprint density at radius 1 is 0.848 bits per heavy atom. The van der Waals surface area contributed by atoms with Crippen molar-refractivity contribution in [2.75, 3.05) is 37.9 Å². The Hall–Kier alpha value is -4.15. The predicted molar refractivity (Wildman–Crippen MR) is 119 cm³/mol. The van der Waals surface area contributed by atoms with Crippen LogP contribution in [0.15, 0.2) is 30.3 Å². The van der Waals surface area contributed by atoms with Gasteiger partial charge in [-0.2, -0.15) is 4.98 Å². The van der Waals surface area contributed by atoms with Gasteiger partial charge in [-0.05, 0) is 30.7 Å². The molecule has 174 valence electrons. The van der Waals surface area contributed by atoms with Crippen LogP contribution in [-0.4, -0.2) is 65.9 Å². The quantitative estimate of drug-likeness (QED) is 0.680. The first-order valence-electron chi connectivity index (χ1n) is 10.2. The van der Waals surface area contributed by atoms with Gasteiger partial charge in [0.15, 0.2) is 0 Å². The second-order valence-corrected chi connectivity index (χ2v) is 7.24. The van der Waals surface area contributed by atoms with Crippen LogP contribution in [0, 0.1) is 0 Å². The minimum Gasteiger partial charge on any atom is -0.481 e. The zero-order valence-corrected chi connectivity index (χ0v) is 18.8. The maximum atomic E-state index is 13.3. The number of hydrogen-bond acceptors (Lipinski definition) is 7. The average Bonchev–Trinajstić information content (AvgIpc) is 3.28. The molecule has 33 heavy (non-hydrogen) atoms. The smallest absolute Gasteiger partial charge is 0.277 e. The van der Waals surface area contributed by atoms with Crippen LogP contribution < -0.4 is 20.1 Å². The fourth-order valence-electron chi connectivity index (χ4n) is 3.45. The Balaban J connectivity index is 1.90. The minimum atomic E-state index is -0.440. The number of amides is 4. The largest absolute Gasteiger partial charge is 0.481 e. The third-order valence-corrected chi connectivity index (χ3v) is 4.86. The topological polar surface area (TPSA) is 130 Å². The second kappa shape index (κ2) is 9.98. The van der Waals surface area contributed by atoms with E-state index in [4.69, 9.17) is 9.47 Å². The Morgan fingerprint density at radius 3 is 2.09 bits per heavy atom. The summed E-state index contributed by atoms with van der Waals surface area (Å²) in [6.45, 7) is 3.33. The molecule has 1 aromatic heterocycles. The lowest BCUT2D eigenvalue weighted by Crippen LogP contribution is -2.45. The van der Waals surface area contributed by atoms with E-state index >= 15 is 0 Å². The molecule has 0 unspecified atom stereocenters. The molecule has 2 N–H and O–H groups in total. The van der Waals surface area contributed by atoms with Gasteiger partial charge < -0.3 is 20.1 Å². The summed E-state index contributed by atoms with van der Waals surface area (Å²) in [5.41, 5.74) is 1.07. The predicted octanol–water partition coefficient (Wildman–Crippen LogP) is 1.92. The van der Waals surface area contributed by atoms with Crippen LogP contribution in [0.4, 0.5) is 11.4 Å². The molecule has 1 aromatic carbocycles. The van der Waals surface area contributed by atoms with Crippen molar-refractivity contribution >= 4 is 35.0 Å². The molecule has 0 spiro atoms. The van der Waals surface area contributed by atoms with Gasteiger partial charge in [-0.1, -0.05) is 0 Å². The Morgan fingerprint density at radius 2 is 1.48 bits per heavy atom. The number of nitrogens with zero attached hydrogens (tertiary/aromatic N) is 3. The van der Waals surface area contributed by atoms with Gasteiger partial charge in [-0.25, -0.2) is 10.0 Å². The first kappa shape index (κ1) is 23.5. The van der Waals surface area contributed by atoms with Crippen LogP contribution in [0.5, 0.6) is 11.8 Å². The summed E-state index contributed by atoms with van der Waals surface area (Å²) in [5, 5.41) is 7.91. The van der Waals surface area contributed by atoms with Gasteiger partial charge in [0.25, 0.3) is 11.8 Å². The molecule has 1 saturated heterocycles. The van der Waals surface area contributed by atoms with Crippen molar-refractivity contribution in [3.05, 3.63) is 41.5 Å². The number of carbonyl (C=O) groups is 4. The zero-order valence-electron chi connectivity index (χ0n) is 18.8. The summed E-state index contributed by atoms with van der Waals surface area (Å²) >= 11 is 0. The van der Waals surface area contributed by atoms with Crippen LogP contribution in [0.25, 0.3) is 0 Å². The van der Waals surface area contributed by atoms with Gasteiger partial charge in [0.2, 0.25) is 23.6 Å². The summed E-state index contributed by atoms with van der Waals surface area (Å²) < 4.78 is 10.3. The average molecular weight is 455 g/mol. The van der Waals surface area contributed by atoms with Gasteiger partial charge in [0.1, 0.15) is 5.56 Å². The number of carbonyl (C=O) groups excluding carboxylic acids is 4. The van der Waals surface area contributed by atoms with E-state index in [1.54, 1.807) is 6.07 Å². The zero-order chi connectivity index (χ0) is 24.1. The SMILES string of the molecule is COc1ccc(C(=O)N2CCCN2C(=O)c2ccc(NC(C)=O)c(NC(C)=O)c2)c(OC)n1. The molecule has 0 radical (unpaired) electrons. The van der Waals surface area contributed by atoms with Gasteiger partial charge in [0, 0.05) is 38.6 Å². The molecule has 0 bridgehead atoms. The monoisotopic (exact) mass is 455 g/mol. The van der Waals surface area contributed by atoms with E-state index in [9.17, 15) is 19.2 Å². The van der Waals surface area contributed by atoms with Gasteiger partial charge in [0.05, 0.1) is 25.6 Å². The molecule has 2 aromatic rings. The van der Waals surface area contributed by atoms with Crippen molar-refractivity contribution in [1.82, 2.24) is 15.0 Å². The van der Waals surface area contributed by atoms with Crippen LogP contribution in [0.3, 0.4) is 0 Å². The van der Waals surface area contributed by atoms with Crippen LogP contribution in [0.2, 0.25) is 0 Å². The molecule has 2 heterocycles. The lowest BCUT2D eigenvalue weighted by molar-refractivity contribution is -0.115. The van der Waals surface area contributed by atoms with Crippen LogP contribution in [0.1, 0.15) is 41.0 Å². The lowest BCUT2D eigenvalue weighted by Gasteiger charge is -2.28. The highest BCUT2D eigenvalue weighted by atomic mass is 16.5. The molecule has 1 aliphatic rings. The highest BCUT2D eigenvalue weighted by molar-refractivity contribution is 6.03. The number of pyridine rings is 1. The van der Waals surface area contributed by atoms with E-state index in [0.29, 0.717) is 31.1 Å². The van der Waals surface area contributed by atoms with Crippen molar-refractivity contribution in [3.63, 3.8) is 0 Å². The molecule has 3 rings (SSSR count). The normalized spacial score (nSPS) is 12.8. The number of aromatic nitrogens is 1. The first-order valence-corrected chi connectivity index (χ1v) is 10.2. The molecule has 1 fully saturated rings. The van der Waals surface area contributed by atoms with E-state index in [2.05, 4.69) is 15.6 Å². The molecule has 1 aliphatic heterocycles. The van der Waals surface area contributed by atoms with E-state index in [1.165, 1.54) is 62.4 Å². The Bertz CT molecular complexity index is 1100. The maximum Gasteiger partial charge on any atom is 0.277 e. The number of anilines is 2. The highest BCUT2D eigenvalue weighted by Gasteiger charge is 2.34. The number of rotatable bonds is 6. The fourth-order valence-corrected chi connectivity index (χ4v) is 3.45. The molecular formula is C22H25N5O6. The number of benzene rings is 1. The van der Waals surface area contributed by atoms with Crippen molar-refractivity contribution in [2.45, 2.75) is 20.3 Å². The fraction of sp³-hybridized carbons (Fsp3) is 0.318. The van der Waals surface area contributed by atoms with Crippen LogP contribution in [-0.2, 0) is 9.59 Å². The number of ether oxygens (including phenoxy) is 2. The number of hydrogen-bond donors (Lipinski definition) is 2. The second-order valence-electron chi connectivity index (χ2n) is 7.24. The molecule has 0 atom stereocenters. The summed E-state index contributed by atoms with van der Waals surface area (Å²) in [6, 6.07) is 7.59. The number of hydrazine groups is 1. The minimum absolute atomic E-state index is 0.0891. The van der Waals surface area contributed by atoms with Gasteiger partial charge in [-0.15, -0.1) is 0 Å². The molecule has 11 nitrogen and oxygen atoms in total. The van der Waals surface area contributed by atoms with Crippen molar-refractivity contribution in [3.8, 4) is 11.8 Å². The van der Waals surface area contributed by atoms with Gasteiger partial charge >= 0.3 is 0 Å². The molecular weight excluding hydrogens is 430 g/mol. The first-order chi connectivity index (χ1) is 15.7. The molecule has 0 aliphatic carbocycles. The van der Waals surface area contributed by atoms with E-state index in [0.717, 1.165) is 0 Å². The third kappa shape index (κ3) is 5.20. The molecule has 4 amide bonds. The van der Waals surface area contributed by atoms with Crippen molar-refractivity contribution in [2.24, 2.45) is 0 Å². The maximum absolute atomic E-state index is 13.3. The van der Waals surface area contributed by atoms with Crippen molar-refractivity contribution < 1.29 is 28.7 Å². The van der Waals surface area contributed by atoms with Crippen molar-refractivity contribution in [1.29, 1.82) is 0 Å². The summed E-state index contributed by atoms with van der Waals surface area (Å²) in [6.07, 6.45) is 0.589. The van der Waals surface area contributed by atoms with E-state index in [-0.39, 0.29) is 34.5 Å². The Labute approximate surface area is 190 Å². The molecule has 0 saturated carbocycles. The van der Waals surface area contributed by atoms with E-state index < -0.39 is 11.8 Å².